The smallest absolute Gasteiger partial charge is 0.325 e. The number of carboxylic acid groups (broad SMARTS) is 1. The third kappa shape index (κ3) is 5.36. The molecule has 3 aliphatic rings. The fourth-order valence-corrected chi connectivity index (χ4v) is 5.89. The molecule has 1 aromatic heterocycles. The molecule has 1 aromatic carbocycles. The second kappa shape index (κ2) is 11.0. The van der Waals surface area contributed by atoms with E-state index in [2.05, 4.69) is 23.1 Å². The molecule has 2 heterocycles. The Morgan fingerprint density at radius 1 is 1.06 bits per heavy atom. The van der Waals surface area contributed by atoms with Gasteiger partial charge in [-0.1, -0.05) is 36.8 Å². The number of pyridine rings is 1. The molecule has 2 aliphatic carbocycles. The molecule has 1 saturated heterocycles. The number of likely N-dealkylation sites (tertiary alicyclic amines) is 1. The van der Waals surface area contributed by atoms with E-state index >= 15 is 0 Å². The molecule has 34 heavy (non-hydrogen) atoms. The van der Waals surface area contributed by atoms with E-state index in [1.165, 1.54) is 61.0 Å². The monoisotopic (exact) mass is 462 g/mol. The summed E-state index contributed by atoms with van der Waals surface area (Å²) in [4.78, 5) is 19.3. The summed E-state index contributed by atoms with van der Waals surface area (Å²) < 4.78 is 6.18. The molecule has 0 radical (unpaired) electrons. The standard InChI is InChI=1S/C29H38N2O3/c32-29(33)28(26-13-3-2-12-25(26)21-9-7-10-21)31-18-17-24(20-31)34-19-6-5-11-23-16-15-22-8-1-4-14-27(22)30-23/h2-3,12-13,15-16,21,24,28H,1,4-11,14,17-20H2,(H,32,33)/t24-,28?/m1/s1. The normalized spacial score (nSPS) is 21.7. The Labute approximate surface area is 203 Å². The molecule has 2 fully saturated rings. The van der Waals surface area contributed by atoms with Crippen LogP contribution in [0.15, 0.2) is 36.4 Å². The lowest BCUT2D eigenvalue weighted by Gasteiger charge is -2.32. The van der Waals surface area contributed by atoms with Gasteiger partial charge in [0.15, 0.2) is 0 Å². The molecule has 1 N–H and O–H groups in total. The molecule has 2 aromatic rings. The van der Waals surface area contributed by atoms with Gasteiger partial charge in [-0.05, 0) is 92.9 Å². The van der Waals surface area contributed by atoms with Crippen molar-refractivity contribution in [2.24, 2.45) is 0 Å². The first-order chi connectivity index (χ1) is 16.7. The van der Waals surface area contributed by atoms with Crippen molar-refractivity contribution in [3.63, 3.8) is 0 Å². The molecule has 5 heteroatoms. The van der Waals surface area contributed by atoms with Gasteiger partial charge in [0.05, 0.1) is 6.10 Å². The third-order valence-electron chi connectivity index (χ3n) is 8.03. The van der Waals surface area contributed by atoms with Gasteiger partial charge in [-0.15, -0.1) is 0 Å². The van der Waals surface area contributed by atoms with E-state index < -0.39 is 12.0 Å². The summed E-state index contributed by atoms with van der Waals surface area (Å²) in [5.41, 5.74) is 6.19. The number of aryl methyl sites for hydroxylation is 3. The summed E-state index contributed by atoms with van der Waals surface area (Å²) in [7, 11) is 0. The molecule has 1 aliphatic heterocycles. The van der Waals surface area contributed by atoms with Crippen LogP contribution in [-0.2, 0) is 28.8 Å². The van der Waals surface area contributed by atoms with Crippen molar-refractivity contribution >= 4 is 5.97 Å². The van der Waals surface area contributed by atoms with Gasteiger partial charge >= 0.3 is 5.97 Å². The summed E-state index contributed by atoms with van der Waals surface area (Å²) in [5, 5.41) is 10.1. The number of hydrogen-bond acceptors (Lipinski definition) is 4. The molecular weight excluding hydrogens is 424 g/mol. The van der Waals surface area contributed by atoms with Gasteiger partial charge in [0.2, 0.25) is 0 Å². The summed E-state index contributed by atoms with van der Waals surface area (Å²) in [6, 6.07) is 12.1. The van der Waals surface area contributed by atoms with Gasteiger partial charge in [0, 0.05) is 31.1 Å². The zero-order chi connectivity index (χ0) is 23.3. The molecule has 182 valence electrons. The van der Waals surface area contributed by atoms with Crippen molar-refractivity contribution in [3.8, 4) is 0 Å². The Balaban J connectivity index is 1.09. The molecular formula is C29H38N2O3. The highest BCUT2D eigenvalue weighted by molar-refractivity contribution is 5.76. The van der Waals surface area contributed by atoms with E-state index in [1.807, 2.05) is 18.2 Å². The number of rotatable bonds is 10. The summed E-state index contributed by atoms with van der Waals surface area (Å²) in [6.07, 6.45) is 12.6. The molecule has 5 rings (SSSR count). The van der Waals surface area contributed by atoms with E-state index in [4.69, 9.17) is 9.72 Å². The maximum atomic E-state index is 12.3. The highest BCUT2D eigenvalue weighted by atomic mass is 16.5. The second-order valence-electron chi connectivity index (χ2n) is 10.3. The second-order valence-corrected chi connectivity index (χ2v) is 10.3. The van der Waals surface area contributed by atoms with Gasteiger partial charge in [-0.3, -0.25) is 14.7 Å². The predicted octanol–water partition coefficient (Wildman–Crippen LogP) is 5.47. The van der Waals surface area contributed by atoms with E-state index in [1.54, 1.807) is 0 Å². The summed E-state index contributed by atoms with van der Waals surface area (Å²) >= 11 is 0. The molecule has 0 spiro atoms. The average molecular weight is 463 g/mol. The van der Waals surface area contributed by atoms with Crippen LogP contribution < -0.4 is 0 Å². The fourth-order valence-electron chi connectivity index (χ4n) is 5.89. The van der Waals surface area contributed by atoms with Crippen molar-refractivity contribution < 1.29 is 14.6 Å². The van der Waals surface area contributed by atoms with Crippen LogP contribution in [0.5, 0.6) is 0 Å². The van der Waals surface area contributed by atoms with Crippen LogP contribution in [-0.4, -0.2) is 46.8 Å². The lowest BCUT2D eigenvalue weighted by molar-refractivity contribution is -0.143. The number of aliphatic carboxylic acids is 1. The lowest BCUT2D eigenvalue weighted by atomic mass is 9.77. The average Bonchev–Trinajstić information content (AvgIpc) is 3.27. The number of ether oxygens (including phenoxy) is 1. The first-order valence-electron chi connectivity index (χ1n) is 13.3. The number of benzene rings is 1. The van der Waals surface area contributed by atoms with Crippen molar-refractivity contribution in [1.82, 2.24) is 9.88 Å². The minimum absolute atomic E-state index is 0.125. The van der Waals surface area contributed by atoms with Gasteiger partial charge in [0.1, 0.15) is 6.04 Å². The highest BCUT2D eigenvalue weighted by Crippen LogP contribution is 2.41. The number of fused-ring (bicyclic) bond motifs is 1. The quantitative estimate of drug-likeness (QED) is 0.475. The van der Waals surface area contributed by atoms with Crippen LogP contribution in [0.3, 0.4) is 0 Å². The number of nitrogens with zero attached hydrogens (tertiary/aromatic N) is 2. The summed E-state index contributed by atoms with van der Waals surface area (Å²) in [6.45, 7) is 2.21. The van der Waals surface area contributed by atoms with Crippen molar-refractivity contribution in [1.29, 1.82) is 0 Å². The largest absolute Gasteiger partial charge is 0.480 e. The number of carboxylic acids is 1. The van der Waals surface area contributed by atoms with Crippen molar-refractivity contribution in [2.75, 3.05) is 19.7 Å². The van der Waals surface area contributed by atoms with Crippen LogP contribution >= 0.6 is 0 Å². The van der Waals surface area contributed by atoms with Crippen LogP contribution in [0.2, 0.25) is 0 Å². The Hall–Kier alpha value is -2.24. The van der Waals surface area contributed by atoms with Crippen LogP contribution in [0.25, 0.3) is 0 Å². The van der Waals surface area contributed by atoms with Crippen LogP contribution in [0.4, 0.5) is 0 Å². The number of carbonyl (C=O) groups is 1. The summed E-state index contributed by atoms with van der Waals surface area (Å²) in [5.74, 6) is -0.220. The Kier molecular flexibility index (Phi) is 7.60. The van der Waals surface area contributed by atoms with Gasteiger partial charge in [-0.25, -0.2) is 0 Å². The van der Waals surface area contributed by atoms with Crippen molar-refractivity contribution in [3.05, 3.63) is 64.5 Å². The van der Waals surface area contributed by atoms with Gasteiger partial charge in [0.25, 0.3) is 0 Å². The Bertz CT molecular complexity index is 987. The van der Waals surface area contributed by atoms with E-state index in [0.717, 1.165) is 50.8 Å². The number of unbranched alkanes of at least 4 members (excludes halogenated alkanes) is 1. The first kappa shape index (κ1) is 23.5. The van der Waals surface area contributed by atoms with E-state index in [0.29, 0.717) is 12.5 Å². The fraction of sp³-hybridized carbons (Fsp3) is 0.586. The molecule has 5 nitrogen and oxygen atoms in total. The minimum atomic E-state index is -0.745. The topological polar surface area (TPSA) is 62.7 Å². The molecule has 0 bridgehead atoms. The zero-order valence-corrected chi connectivity index (χ0v) is 20.3. The molecule has 1 saturated carbocycles. The minimum Gasteiger partial charge on any atom is -0.480 e. The van der Waals surface area contributed by atoms with Gasteiger partial charge in [-0.2, -0.15) is 0 Å². The van der Waals surface area contributed by atoms with E-state index in [-0.39, 0.29) is 6.10 Å². The maximum absolute atomic E-state index is 12.3. The van der Waals surface area contributed by atoms with Gasteiger partial charge < -0.3 is 9.84 Å². The van der Waals surface area contributed by atoms with Crippen LogP contribution in [0.1, 0.15) is 91.4 Å². The van der Waals surface area contributed by atoms with E-state index in [9.17, 15) is 9.90 Å². The third-order valence-corrected chi connectivity index (χ3v) is 8.03. The molecule has 1 unspecified atom stereocenters. The molecule has 0 amide bonds. The maximum Gasteiger partial charge on any atom is 0.325 e. The Morgan fingerprint density at radius 3 is 2.74 bits per heavy atom. The SMILES string of the molecule is O=C(O)C(c1ccccc1C1CCC1)N1CC[C@@H](OCCCCc2ccc3c(n2)CCCC3)C1. The Morgan fingerprint density at radius 2 is 1.91 bits per heavy atom. The highest BCUT2D eigenvalue weighted by Gasteiger charge is 2.36. The molecule has 2 atom stereocenters. The number of hydrogen-bond donors (Lipinski definition) is 1. The lowest BCUT2D eigenvalue weighted by Crippen LogP contribution is -2.34. The zero-order valence-electron chi connectivity index (χ0n) is 20.3. The first-order valence-corrected chi connectivity index (χ1v) is 13.3. The predicted molar refractivity (Wildman–Crippen MR) is 133 cm³/mol. The van der Waals surface area contributed by atoms with Crippen molar-refractivity contribution in [2.45, 2.75) is 88.7 Å². The number of aromatic nitrogens is 1. The van der Waals surface area contributed by atoms with Crippen LogP contribution in [0, 0.1) is 0 Å².